The molecule has 0 radical (unpaired) electrons. The molecule has 4 aromatic heterocycles. The van der Waals surface area contributed by atoms with Gasteiger partial charge in [-0.25, -0.2) is 9.97 Å². The highest BCUT2D eigenvalue weighted by atomic mass is 32.1. The maximum Gasteiger partial charge on any atom is 0.165 e. The molecule has 47 heavy (non-hydrogen) atoms. The Morgan fingerprint density at radius 1 is 0.404 bits per heavy atom. The van der Waals surface area contributed by atoms with Crippen LogP contribution in [0.15, 0.2) is 127 Å². The van der Waals surface area contributed by atoms with E-state index >= 15 is 0 Å². The van der Waals surface area contributed by atoms with Crippen LogP contribution in [0.4, 0.5) is 0 Å². The summed E-state index contributed by atoms with van der Waals surface area (Å²) in [6.45, 7) is 0. The second-order valence-corrected chi connectivity index (χ2v) is 14.6. The van der Waals surface area contributed by atoms with Gasteiger partial charge < -0.3 is 0 Å². The van der Waals surface area contributed by atoms with Crippen molar-refractivity contribution < 1.29 is 0 Å². The van der Waals surface area contributed by atoms with E-state index in [-0.39, 0.29) is 0 Å². The fourth-order valence-corrected chi connectivity index (χ4v) is 10.5. The molecule has 3 nitrogen and oxygen atoms in total. The first-order valence-electron chi connectivity index (χ1n) is 15.8. The van der Waals surface area contributed by atoms with E-state index in [0.29, 0.717) is 0 Å². The largest absolute Gasteiger partial charge is 0.292 e. The second-order valence-electron chi connectivity index (χ2n) is 12.5. The molecule has 12 rings (SSSR count). The minimum atomic E-state index is 0.864. The topological polar surface area (TPSA) is 30.7 Å². The van der Waals surface area contributed by atoms with E-state index < -0.39 is 0 Å². The highest BCUT2D eigenvalue weighted by Gasteiger charge is 2.27. The molecule has 0 unspecified atom stereocenters. The molecule has 0 spiro atoms. The van der Waals surface area contributed by atoms with E-state index in [0.717, 1.165) is 33.6 Å². The number of benzene rings is 7. The zero-order valence-electron chi connectivity index (χ0n) is 24.8. The summed E-state index contributed by atoms with van der Waals surface area (Å²) < 4.78 is 7.60. The van der Waals surface area contributed by atoms with Crippen molar-refractivity contribution in [1.82, 2.24) is 14.5 Å². The average molecular weight is 632 g/mol. The van der Waals surface area contributed by atoms with Crippen molar-refractivity contribution in [3.8, 4) is 28.2 Å². The van der Waals surface area contributed by atoms with Gasteiger partial charge in [0.05, 0.1) is 22.1 Å². The summed E-state index contributed by atoms with van der Waals surface area (Å²) in [6.07, 6.45) is 0. The van der Waals surface area contributed by atoms with Gasteiger partial charge in [0.25, 0.3) is 0 Å². The van der Waals surface area contributed by atoms with Crippen molar-refractivity contribution >= 4 is 107 Å². The van der Waals surface area contributed by atoms with Crippen LogP contribution in [0, 0.1) is 0 Å². The third kappa shape index (κ3) is 3.02. The SMILES string of the molecule is c1cc2c3c(c1)ccc1c3c3c4c(ccc3n1-c1nc3ccccc3nc1-c1cccc3sc5ccccc5c13)sc1cccc-2c14. The van der Waals surface area contributed by atoms with Gasteiger partial charge in [-0.05, 0) is 70.4 Å². The molecule has 4 heterocycles. The molecule has 0 N–H and O–H groups in total. The quantitative estimate of drug-likeness (QED) is 0.190. The normalized spacial score (nSPS) is 12.7. The van der Waals surface area contributed by atoms with Crippen LogP contribution >= 0.6 is 22.7 Å². The summed E-state index contributed by atoms with van der Waals surface area (Å²) in [7, 11) is 0. The Kier molecular flexibility index (Phi) is 4.49. The lowest BCUT2D eigenvalue weighted by Gasteiger charge is -2.15. The predicted molar refractivity (Wildman–Crippen MR) is 202 cm³/mol. The van der Waals surface area contributed by atoms with E-state index in [1.807, 2.05) is 22.7 Å². The molecule has 0 saturated carbocycles. The molecule has 7 aromatic carbocycles. The molecular formula is C42H21N3S2. The van der Waals surface area contributed by atoms with Crippen molar-refractivity contribution in [1.29, 1.82) is 0 Å². The molecule has 1 aliphatic carbocycles. The minimum absolute atomic E-state index is 0.864. The monoisotopic (exact) mass is 631 g/mol. The first-order chi connectivity index (χ1) is 23.3. The second kappa shape index (κ2) is 8.59. The van der Waals surface area contributed by atoms with Gasteiger partial charge in [-0.1, -0.05) is 78.9 Å². The first-order valence-corrected chi connectivity index (χ1v) is 17.5. The molecule has 0 bridgehead atoms. The van der Waals surface area contributed by atoms with E-state index in [1.165, 1.54) is 78.5 Å². The zero-order chi connectivity index (χ0) is 30.4. The number of para-hydroxylation sites is 2. The van der Waals surface area contributed by atoms with Crippen LogP contribution in [-0.4, -0.2) is 14.5 Å². The van der Waals surface area contributed by atoms with Crippen molar-refractivity contribution in [2.24, 2.45) is 0 Å². The Labute approximate surface area is 275 Å². The smallest absolute Gasteiger partial charge is 0.165 e. The summed E-state index contributed by atoms with van der Waals surface area (Å²) in [5.74, 6) is 0.864. The molecule has 0 atom stereocenters. The fourth-order valence-electron chi connectivity index (χ4n) is 8.25. The van der Waals surface area contributed by atoms with Crippen LogP contribution in [0.2, 0.25) is 0 Å². The fraction of sp³-hybridized carbons (Fsp3) is 0. The molecule has 216 valence electrons. The third-order valence-corrected chi connectivity index (χ3v) is 12.4. The lowest BCUT2D eigenvalue weighted by molar-refractivity contribution is 1.08. The number of aromatic nitrogens is 3. The van der Waals surface area contributed by atoms with Crippen LogP contribution in [0.3, 0.4) is 0 Å². The Hall–Kier alpha value is -5.62. The lowest BCUT2D eigenvalue weighted by atomic mass is 9.95. The van der Waals surface area contributed by atoms with Crippen LogP contribution < -0.4 is 0 Å². The number of fused-ring (bicyclic) bond motifs is 5. The van der Waals surface area contributed by atoms with E-state index in [4.69, 9.17) is 9.97 Å². The minimum Gasteiger partial charge on any atom is -0.292 e. The van der Waals surface area contributed by atoms with Crippen molar-refractivity contribution in [2.45, 2.75) is 0 Å². The van der Waals surface area contributed by atoms with Gasteiger partial charge in [0.2, 0.25) is 0 Å². The molecule has 0 amide bonds. The van der Waals surface area contributed by atoms with Gasteiger partial charge in [-0.3, -0.25) is 4.57 Å². The highest BCUT2D eigenvalue weighted by Crippen LogP contribution is 2.52. The molecule has 11 aromatic rings. The number of nitrogens with zero attached hydrogens (tertiary/aromatic N) is 3. The highest BCUT2D eigenvalue weighted by molar-refractivity contribution is 7.26. The summed E-state index contributed by atoms with van der Waals surface area (Å²) >= 11 is 3.73. The maximum absolute atomic E-state index is 5.49. The van der Waals surface area contributed by atoms with Gasteiger partial charge >= 0.3 is 0 Å². The van der Waals surface area contributed by atoms with E-state index in [1.54, 1.807) is 0 Å². The van der Waals surface area contributed by atoms with Crippen molar-refractivity contribution in [3.63, 3.8) is 0 Å². The average Bonchev–Trinajstić information content (AvgIpc) is 3.77. The standard InChI is InChI=1S/C42H21N3S2/c1-4-15-31-25(9-1)36-26(12-7-16-32(36)46-31)41-42(44-28-14-3-2-13-27(28)43-41)45-29-19-18-22-8-5-10-23-24-11-6-17-33-37(24)40-34(47-33)21-20-30(45)39(40)38(29)35(22)23/h1-21H. The number of hydrogen-bond acceptors (Lipinski definition) is 4. The molecule has 0 saturated heterocycles. The van der Waals surface area contributed by atoms with E-state index in [9.17, 15) is 0 Å². The Balaban J connectivity index is 1.33. The Morgan fingerprint density at radius 2 is 1.02 bits per heavy atom. The van der Waals surface area contributed by atoms with Crippen molar-refractivity contribution in [3.05, 3.63) is 127 Å². The van der Waals surface area contributed by atoms with Gasteiger partial charge in [0.15, 0.2) is 5.82 Å². The summed E-state index contributed by atoms with van der Waals surface area (Å²) in [4.78, 5) is 10.9. The summed E-state index contributed by atoms with van der Waals surface area (Å²) in [6, 6.07) is 46.4. The zero-order valence-corrected chi connectivity index (χ0v) is 26.4. The summed E-state index contributed by atoms with van der Waals surface area (Å²) in [5, 5.41) is 10.4. The van der Waals surface area contributed by atoms with Crippen LogP contribution in [0.25, 0.3) is 112 Å². The number of hydrogen-bond donors (Lipinski definition) is 0. The summed E-state index contributed by atoms with van der Waals surface area (Å²) in [5.41, 5.74) is 8.75. The third-order valence-electron chi connectivity index (χ3n) is 10.1. The van der Waals surface area contributed by atoms with Gasteiger partial charge in [0.1, 0.15) is 5.69 Å². The number of thiophene rings is 2. The maximum atomic E-state index is 5.49. The lowest BCUT2D eigenvalue weighted by Crippen LogP contribution is -2.04. The predicted octanol–water partition coefficient (Wildman–Crippen LogP) is 12.3. The van der Waals surface area contributed by atoms with Gasteiger partial charge in [-0.15, -0.1) is 22.7 Å². The Bertz CT molecular complexity index is 3200. The molecule has 0 fully saturated rings. The van der Waals surface area contributed by atoms with Crippen LogP contribution in [0.5, 0.6) is 0 Å². The van der Waals surface area contributed by atoms with Crippen LogP contribution in [0.1, 0.15) is 0 Å². The van der Waals surface area contributed by atoms with Crippen molar-refractivity contribution in [2.75, 3.05) is 0 Å². The Morgan fingerprint density at radius 3 is 1.89 bits per heavy atom. The molecule has 5 heteroatoms. The van der Waals surface area contributed by atoms with E-state index in [2.05, 4.69) is 132 Å². The van der Waals surface area contributed by atoms with Gasteiger partial charge in [0, 0.05) is 56.7 Å². The van der Waals surface area contributed by atoms with Crippen LogP contribution in [-0.2, 0) is 0 Å². The molecule has 0 aliphatic heterocycles. The van der Waals surface area contributed by atoms with Gasteiger partial charge in [-0.2, -0.15) is 0 Å². The number of rotatable bonds is 2. The first kappa shape index (κ1) is 24.6. The molecule has 1 aliphatic rings. The molecular weight excluding hydrogens is 611 g/mol.